The molecule has 0 unspecified atom stereocenters. The molecule has 11 heteroatoms. The second-order valence-electron chi connectivity index (χ2n) is 12.4. The number of piperidine rings is 2. The second-order valence-corrected chi connectivity index (χ2v) is 12.4. The Labute approximate surface area is 257 Å². The van der Waals surface area contributed by atoms with Crippen LogP contribution in [0, 0.1) is 11.8 Å². The van der Waals surface area contributed by atoms with Gasteiger partial charge in [0, 0.05) is 58.3 Å². The number of fused-ring (bicyclic) bond motifs is 7. The van der Waals surface area contributed by atoms with Gasteiger partial charge in [-0.1, -0.05) is 6.07 Å². The van der Waals surface area contributed by atoms with Crippen LogP contribution in [-0.4, -0.2) is 88.7 Å². The van der Waals surface area contributed by atoms with Gasteiger partial charge in [0.25, 0.3) is 5.91 Å². The molecule has 0 saturated carbocycles. The smallest absolute Gasteiger partial charge is 0.255 e. The lowest BCUT2D eigenvalue weighted by atomic mass is 9.77. The predicted molar refractivity (Wildman–Crippen MR) is 165 cm³/mol. The zero-order valence-corrected chi connectivity index (χ0v) is 25.9. The molecule has 3 aliphatic heterocycles. The Hall–Kier alpha value is -4.15. The van der Waals surface area contributed by atoms with Crippen LogP contribution in [0.1, 0.15) is 60.0 Å². The number of nitrogens with zero attached hydrogens (tertiary/aromatic N) is 5. The molecule has 2 aromatic heterocycles. The van der Waals surface area contributed by atoms with E-state index in [9.17, 15) is 14.4 Å². The van der Waals surface area contributed by atoms with Crippen LogP contribution in [0.2, 0.25) is 0 Å². The Balaban J connectivity index is 1.23. The molecule has 3 amide bonds. The maximum atomic E-state index is 13.9. The first kappa shape index (κ1) is 29.9. The average Bonchev–Trinajstić information content (AvgIpc) is 3.41. The molecule has 1 N–H and O–H groups in total. The van der Waals surface area contributed by atoms with Gasteiger partial charge in [-0.3, -0.25) is 24.0 Å². The summed E-state index contributed by atoms with van der Waals surface area (Å²) in [7, 11) is 5.11. The highest BCUT2D eigenvalue weighted by molar-refractivity contribution is 5.96. The highest BCUT2D eigenvalue weighted by atomic mass is 16.5. The predicted octanol–water partition coefficient (Wildman–Crippen LogP) is 3.14. The molecular weight excluding hydrogens is 560 g/mol. The molecular formula is C33H42N6O5. The van der Waals surface area contributed by atoms with Crippen LogP contribution < -0.4 is 14.8 Å². The van der Waals surface area contributed by atoms with Gasteiger partial charge in [-0.05, 0) is 73.6 Å². The Morgan fingerprint density at radius 2 is 1.84 bits per heavy atom. The van der Waals surface area contributed by atoms with Crippen molar-refractivity contribution in [2.24, 2.45) is 18.9 Å². The number of ether oxygens (including phenoxy) is 2. The Morgan fingerprint density at radius 3 is 2.66 bits per heavy atom. The lowest BCUT2D eigenvalue weighted by Gasteiger charge is -2.51. The molecule has 0 spiro atoms. The van der Waals surface area contributed by atoms with Crippen LogP contribution in [-0.2, 0) is 29.5 Å². The number of carbonyl (C=O) groups is 3. The van der Waals surface area contributed by atoms with Gasteiger partial charge in [-0.2, -0.15) is 5.10 Å². The molecule has 4 bridgehead atoms. The number of benzene rings is 1. The van der Waals surface area contributed by atoms with E-state index < -0.39 is 0 Å². The minimum atomic E-state index is -0.0353. The number of amides is 3. The largest absolute Gasteiger partial charge is 0.493 e. The molecule has 2 saturated heterocycles. The average molecular weight is 603 g/mol. The molecule has 0 aliphatic carbocycles. The Bertz CT molecular complexity index is 1550. The maximum Gasteiger partial charge on any atom is 0.255 e. The number of hydrogen-bond donors (Lipinski definition) is 1. The van der Waals surface area contributed by atoms with E-state index in [0.717, 1.165) is 47.8 Å². The Morgan fingerprint density at radius 1 is 0.977 bits per heavy atom. The molecule has 6 rings (SSSR count). The topological polar surface area (TPSA) is 119 Å². The van der Waals surface area contributed by atoms with Crippen LogP contribution in [0.3, 0.4) is 0 Å². The summed E-state index contributed by atoms with van der Waals surface area (Å²) < 4.78 is 13.0. The summed E-state index contributed by atoms with van der Waals surface area (Å²) in [4.78, 5) is 48.7. The number of aromatic nitrogens is 3. The summed E-state index contributed by atoms with van der Waals surface area (Å²) in [6, 6.07) is 5.91. The normalized spacial score (nSPS) is 23.2. The highest BCUT2D eigenvalue weighted by Gasteiger charge is 2.43. The van der Waals surface area contributed by atoms with Crippen molar-refractivity contribution in [2.45, 2.75) is 57.4 Å². The zero-order chi connectivity index (χ0) is 30.8. The third kappa shape index (κ3) is 6.09. The summed E-state index contributed by atoms with van der Waals surface area (Å²) in [6.07, 6.45) is 8.67. The lowest BCUT2D eigenvalue weighted by molar-refractivity contribution is -0.140. The molecule has 3 aromatic rings. The summed E-state index contributed by atoms with van der Waals surface area (Å²) in [5, 5.41) is 7.31. The van der Waals surface area contributed by atoms with Gasteiger partial charge in [0.05, 0.1) is 31.5 Å². The third-order valence-corrected chi connectivity index (χ3v) is 9.51. The number of aryl methyl sites for hydroxylation is 3. The van der Waals surface area contributed by atoms with Gasteiger partial charge in [0.1, 0.15) is 5.52 Å². The fourth-order valence-electron chi connectivity index (χ4n) is 7.39. The summed E-state index contributed by atoms with van der Waals surface area (Å²) in [6.45, 7) is 2.39. The standard InChI is InChI=1S/C33H42N6O5/c1-37-28-15-24(16-35-26(28)17-36-37)33(42)38-18-22-13-25(20-38)27-7-4-8-30(40)34-11-5-6-23-12-21(9-10-31(41)39(27)19-22)14-29(43-2)32(23)44-3/h12,14-17,22,25,27H,4-11,13,18-20H2,1-3H3,(H,34,40)/t22-,25-,27-/m0/s1. The molecule has 1 aromatic carbocycles. The molecule has 0 radical (unpaired) electrons. The van der Waals surface area contributed by atoms with Crippen molar-refractivity contribution in [3.05, 3.63) is 47.3 Å². The molecule has 3 aliphatic rings. The second kappa shape index (κ2) is 12.8. The van der Waals surface area contributed by atoms with E-state index in [1.165, 1.54) is 0 Å². The minimum absolute atomic E-state index is 0.0197. The van der Waals surface area contributed by atoms with E-state index in [4.69, 9.17) is 9.47 Å². The van der Waals surface area contributed by atoms with Gasteiger partial charge in [0.2, 0.25) is 11.8 Å². The van der Waals surface area contributed by atoms with Gasteiger partial charge in [0.15, 0.2) is 11.5 Å². The molecule has 234 valence electrons. The molecule has 3 atom stereocenters. The number of carbonyl (C=O) groups excluding carboxylic acids is 3. The van der Waals surface area contributed by atoms with Crippen LogP contribution in [0.5, 0.6) is 11.5 Å². The van der Waals surface area contributed by atoms with Crippen LogP contribution >= 0.6 is 0 Å². The first-order valence-corrected chi connectivity index (χ1v) is 15.7. The van der Waals surface area contributed by atoms with Crippen molar-refractivity contribution >= 4 is 28.8 Å². The van der Waals surface area contributed by atoms with Crippen molar-refractivity contribution < 1.29 is 23.9 Å². The highest BCUT2D eigenvalue weighted by Crippen LogP contribution is 2.37. The Kier molecular flexibility index (Phi) is 8.72. The maximum absolute atomic E-state index is 13.9. The van der Waals surface area contributed by atoms with Crippen molar-refractivity contribution in [1.82, 2.24) is 29.9 Å². The van der Waals surface area contributed by atoms with E-state index in [0.29, 0.717) is 68.9 Å². The van der Waals surface area contributed by atoms with Crippen molar-refractivity contribution in [1.29, 1.82) is 0 Å². The lowest BCUT2D eigenvalue weighted by Crippen LogP contribution is -2.60. The van der Waals surface area contributed by atoms with Crippen LogP contribution in [0.4, 0.5) is 0 Å². The van der Waals surface area contributed by atoms with Gasteiger partial charge in [-0.25, -0.2) is 0 Å². The first-order chi connectivity index (χ1) is 21.3. The fourth-order valence-corrected chi connectivity index (χ4v) is 7.39. The van der Waals surface area contributed by atoms with Crippen LogP contribution in [0.15, 0.2) is 30.6 Å². The van der Waals surface area contributed by atoms with Gasteiger partial charge >= 0.3 is 0 Å². The van der Waals surface area contributed by atoms with E-state index in [1.807, 2.05) is 24.1 Å². The fraction of sp³-hybridized carbons (Fsp3) is 0.545. The summed E-state index contributed by atoms with van der Waals surface area (Å²) >= 11 is 0. The monoisotopic (exact) mass is 602 g/mol. The number of likely N-dealkylation sites (tertiary alicyclic amines) is 1. The number of rotatable bonds is 3. The minimum Gasteiger partial charge on any atom is -0.493 e. The van der Waals surface area contributed by atoms with E-state index in [1.54, 1.807) is 31.3 Å². The van der Waals surface area contributed by atoms with E-state index in [2.05, 4.69) is 26.4 Å². The summed E-state index contributed by atoms with van der Waals surface area (Å²) in [5.74, 6) is 1.83. The molecule has 5 heterocycles. The first-order valence-electron chi connectivity index (χ1n) is 15.7. The zero-order valence-electron chi connectivity index (χ0n) is 25.9. The van der Waals surface area contributed by atoms with Crippen molar-refractivity contribution in [3.63, 3.8) is 0 Å². The quantitative estimate of drug-likeness (QED) is 0.489. The van der Waals surface area contributed by atoms with Crippen molar-refractivity contribution in [3.8, 4) is 11.5 Å². The van der Waals surface area contributed by atoms with Gasteiger partial charge < -0.3 is 24.6 Å². The van der Waals surface area contributed by atoms with E-state index in [-0.39, 0.29) is 35.6 Å². The number of nitrogens with one attached hydrogen (secondary N) is 1. The van der Waals surface area contributed by atoms with Gasteiger partial charge in [-0.15, -0.1) is 0 Å². The molecule has 11 nitrogen and oxygen atoms in total. The molecule has 44 heavy (non-hydrogen) atoms. The van der Waals surface area contributed by atoms with E-state index >= 15 is 0 Å². The van der Waals surface area contributed by atoms with Crippen LogP contribution in [0.25, 0.3) is 11.0 Å². The number of hydrogen-bond acceptors (Lipinski definition) is 7. The van der Waals surface area contributed by atoms with Crippen molar-refractivity contribution in [2.75, 3.05) is 40.4 Å². The molecule has 2 fully saturated rings. The summed E-state index contributed by atoms with van der Waals surface area (Å²) in [5.41, 5.74) is 4.18. The third-order valence-electron chi connectivity index (χ3n) is 9.51. The number of pyridine rings is 1. The number of methoxy groups -OCH3 is 2. The SMILES string of the molecule is COc1cc2cc(c1OC)CCCNC(=O)CCC[C@H]1[C@H]3C[C@@H](CN(C(=O)c4cnc5cnn(C)c5c4)C3)CN1C(=O)CC2.